The molecule has 3 aromatic rings. The van der Waals surface area contributed by atoms with Crippen molar-refractivity contribution in [2.75, 3.05) is 11.9 Å². The number of halogens is 1. The molecule has 0 saturated heterocycles. The molecule has 5 heteroatoms. The lowest BCUT2D eigenvalue weighted by Crippen LogP contribution is -2.13. The van der Waals surface area contributed by atoms with Gasteiger partial charge in [-0.3, -0.25) is 9.59 Å². The number of nitrogens with one attached hydrogen (secondary N) is 1. The van der Waals surface area contributed by atoms with Gasteiger partial charge in [-0.25, -0.2) is 0 Å². The summed E-state index contributed by atoms with van der Waals surface area (Å²) in [5, 5.41) is 3.37. The van der Waals surface area contributed by atoms with Gasteiger partial charge >= 0.3 is 0 Å². The Morgan fingerprint density at radius 1 is 0.926 bits per heavy atom. The van der Waals surface area contributed by atoms with Crippen LogP contribution in [-0.2, 0) is 0 Å². The first kappa shape index (κ1) is 18.7. The van der Waals surface area contributed by atoms with Crippen molar-refractivity contribution in [3.05, 3.63) is 94.5 Å². The number of ether oxygens (including phenoxy) is 1. The minimum absolute atomic E-state index is 0.0718. The van der Waals surface area contributed by atoms with E-state index in [4.69, 9.17) is 16.3 Å². The number of hydrogen-bond acceptors (Lipinski definition) is 3. The molecule has 0 spiro atoms. The Labute approximate surface area is 162 Å². The lowest BCUT2D eigenvalue weighted by atomic mass is 10.1. The molecule has 1 amide bonds. The zero-order valence-corrected chi connectivity index (χ0v) is 15.5. The van der Waals surface area contributed by atoms with Crippen molar-refractivity contribution in [1.29, 1.82) is 0 Å². The molecule has 27 heavy (non-hydrogen) atoms. The number of anilines is 1. The van der Waals surface area contributed by atoms with Gasteiger partial charge in [-0.2, -0.15) is 0 Å². The van der Waals surface area contributed by atoms with E-state index in [0.29, 0.717) is 27.6 Å². The molecule has 0 bridgehead atoms. The number of carbonyl (C=O) groups is 2. The largest absolute Gasteiger partial charge is 0.485 e. The van der Waals surface area contributed by atoms with Gasteiger partial charge in [0, 0.05) is 27.9 Å². The van der Waals surface area contributed by atoms with Crippen molar-refractivity contribution < 1.29 is 14.3 Å². The Bertz CT molecular complexity index is 950. The first-order valence-electron chi connectivity index (χ1n) is 8.41. The molecular formula is C22H18ClNO3. The lowest BCUT2D eigenvalue weighted by Gasteiger charge is -2.09. The van der Waals surface area contributed by atoms with Gasteiger partial charge in [0.05, 0.1) is 0 Å². The standard InChI is InChI=1S/C22H18ClNO3/c1-15-5-7-16(8-6-15)21(25)14-27-20-4-2-3-19(13-20)24-22(26)17-9-11-18(23)12-10-17/h2-13H,14H2,1H3,(H,24,26). The third-order valence-corrected chi connectivity index (χ3v) is 4.19. The summed E-state index contributed by atoms with van der Waals surface area (Å²) in [6, 6.07) is 20.9. The molecule has 0 aliphatic carbocycles. The summed E-state index contributed by atoms with van der Waals surface area (Å²) < 4.78 is 5.58. The highest BCUT2D eigenvalue weighted by Gasteiger charge is 2.09. The van der Waals surface area contributed by atoms with E-state index in [0.717, 1.165) is 5.56 Å². The average Bonchev–Trinajstić information content (AvgIpc) is 2.67. The van der Waals surface area contributed by atoms with Gasteiger partial charge in [-0.1, -0.05) is 47.5 Å². The zero-order valence-electron chi connectivity index (χ0n) is 14.7. The summed E-state index contributed by atoms with van der Waals surface area (Å²) >= 11 is 5.83. The molecular weight excluding hydrogens is 362 g/mol. The molecule has 3 rings (SSSR count). The minimum Gasteiger partial charge on any atom is -0.485 e. The average molecular weight is 380 g/mol. The maximum atomic E-state index is 12.3. The highest BCUT2D eigenvalue weighted by molar-refractivity contribution is 6.30. The summed E-state index contributed by atoms with van der Waals surface area (Å²) in [6.07, 6.45) is 0. The van der Waals surface area contributed by atoms with E-state index < -0.39 is 0 Å². The topological polar surface area (TPSA) is 55.4 Å². The van der Waals surface area contributed by atoms with Crippen LogP contribution in [0.1, 0.15) is 26.3 Å². The summed E-state index contributed by atoms with van der Waals surface area (Å²) in [7, 11) is 0. The number of hydrogen-bond donors (Lipinski definition) is 1. The van der Waals surface area contributed by atoms with Crippen LogP contribution in [-0.4, -0.2) is 18.3 Å². The van der Waals surface area contributed by atoms with Gasteiger partial charge in [0.1, 0.15) is 5.75 Å². The second kappa shape index (κ2) is 8.52. The second-order valence-electron chi connectivity index (χ2n) is 6.07. The smallest absolute Gasteiger partial charge is 0.255 e. The quantitative estimate of drug-likeness (QED) is 0.601. The normalized spacial score (nSPS) is 10.3. The first-order valence-corrected chi connectivity index (χ1v) is 8.79. The van der Waals surface area contributed by atoms with Crippen LogP contribution in [0.25, 0.3) is 0 Å². The van der Waals surface area contributed by atoms with E-state index in [1.165, 1.54) is 0 Å². The Morgan fingerprint density at radius 2 is 1.59 bits per heavy atom. The summed E-state index contributed by atoms with van der Waals surface area (Å²) in [5.74, 6) is 0.148. The molecule has 136 valence electrons. The van der Waals surface area contributed by atoms with Crippen molar-refractivity contribution in [2.45, 2.75) is 6.92 Å². The van der Waals surface area contributed by atoms with Crippen molar-refractivity contribution in [3.63, 3.8) is 0 Å². The summed E-state index contributed by atoms with van der Waals surface area (Å²) in [5.41, 5.74) is 2.78. The van der Waals surface area contributed by atoms with Crippen LogP contribution in [0.5, 0.6) is 5.75 Å². The number of aryl methyl sites for hydroxylation is 1. The maximum absolute atomic E-state index is 12.3. The van der Waals surface area contributed by atoms with Crippen LogP contribution in [0.3, 0.4) is 0 Å². The number of carbonyl (C=O) groups excluding carboxylic acids is 2. The number of amides is 1. The van der Waals surface area contributed by atoms with E-state index in [2.05, 4.69) is 5.32 Å². The molecule has 0 aliphatic heterocycles. The molecule has 0 unspecified atom stereocenters. The molecule has 4 nitrogen and oxygen atoms in total. The van der Waals surface area contributed by atoms with Crippen molar-refractivity contribution >= 4 is 29.0 Å². The minimum atomic E-state index is -0.250. The van der Waals surface area contributed by atoms with Crippen molar-refractivity contribution in [1.82, 2.24) is 0 Å². The van der Waals surface area contributed by atoms with Crippen LogP contribution in [0.4, 0.5) is 5.69 Å². The molecule has 0 fully saturated rings. The molecule has 0 heterocycles. The van der Waals surface area contributed by atoms with Crippen LogP contribution < -0.4 is 10.1 Å². The van der Waals surface area contributed by atoms with E-state index in [1.807, 2.05) is 19.1 Å². The fourth-order valence-electron chi connectivity index (χ4n) is 2.44. The van der Waals surface area contributed by atoms with Crippen LogP contribution in [0.2, 0.25) is 5.02 Å². The highest BCUT2D eigenvalue weighted by Crippen LogP contribution is 2.19. The van der Waals surface area contributed by atoms with Gasteiger partial charge in [0.2, 0.25) is 0 Å². The number of rotatable bonds is 6. The molecule has 0 radical (unpaired) electrons. The molecule has 0 atom stereocenters. The van der Waals surface area contributed by atoms with Crippen LogP contribution >= 0.6 is 11.6 Å². The third kappa shape index (κ3) is 5.19. The van der Waals surface area contributed by atoms with Gasteiger partial charge in [-0.15, -0.1) is 0 Å². The number of Topliss-reactive ketones (excluding diaryl/α,β-unsaturated/α-hetero) is 1. The summed E-state index contributed by atoms with van der Waals surface area (Å²) in [4.78, 5) is 24.5. The Morgan fingerprint density at radius 3 is 2.30 bits per heavy atom. The third-order valence-electron chi connectivity index (χ3n) is 3.94. The first-order chi connectivity index (χ1) is 13.0. The van der Waals surface area contributed by atoms with E-state index in [9.17, 15) is 9.59 Å². The predicted molar refractivity (Wildman–Crippen MR) is 107 cm³/mol. The summed E-state index contributed by atoms with van der Waals surface area (Å²) in [6.45, 7) is 1.90. The molecule has 0 aromatic heterocycles. The van der Waals surface area contributed by atoms with E-state index in [-0.39, 0.29) is 18.3 Å². The second-order valence-corrected chi connectivity index (χ2v) is 6.50. The highest BCUT2D eigenvalue weighted by atomic mass is 35.5. The molecule has 3 aromatic carbocycles. The number of benzene rings is 3. The van der Waals surface area contributed by atoms with Crippen molar-refractivity contribution in [3.8, 4) is 5.75 Å². The molecule has 1 N–H and O–H groups in total. The van der Waals surface area contributed by atoms with Crippen LogP contribution in [0.15, 0.2) is 72.8 Å². The van der Waals surface area contributed by atoms with Gasteiger partial charge in [0.15, 0.2) is 12.4 Å². The SMILES string of the molecule is Cc1ccc(C(=O)COc2cccc(NC(=O)c3ccc(Cl)cc3)c2)cc1. The Hall–Kier alpha value is -3.11. The fourth-order valence-corrected chi connectivity index (χ4v) is 2.57. The van der Waals surface area contributed by atoms with Gasteiger partial charge < -0.3 is 10.1 Å². The lowest BCUT2D eigenvalue weighted by molar-refractivity contribution is 0.0920. The maximum Gasteiger partial charge on any atom is 0.255 e. The van der Waals surface area contributed by atoms with Gasteiger partial charge in [0.25, 0.3) is 5.91 Å². The van der Waals surface area contributed by atoms with E-state index >= 15 is 0 Å². The Kier molecular flexibility index (Phi) is 5.89. The monoisotopic (exact) mass is 379 g/mol. The fraction of sp³-hybridized carbons (Fsp3) is 0.0909. The Balaban J connectivity index is 1.61. The van der Waals surface area contributed by atoms with Crippen molar-refractivity contribution in [2.24, 2.45) is 0 Å². The van der Waals surface area contributed by atoms with Gasteiger partial charge in [-0.05, 0) is 43.3 Å². The molecule has 0 aliphatic rings. The zero-order chi connectivity index (χ0) is 19.2. The molecule has 0 saturated carbocycles. The van der Waals surface area contributed by atoms with Crippen LogP contribution in [0, 0.1) is 6.92 Å². The number of ketones is 1. The van der Waals surface area contributed by atoms with E-state index in [1.54, 1.807) is 60.7 Å². The predicted octanol–water partition coefficient (Wildman–Crippen LogP) is 5.16.